The van der Waals surface area contributed by atoms with Gasteiger partial charge in [0.2, 0.25) is 10.0 Å². The topological polar surface area (TPSA) is 75.7 Å². The number of sulfonamides is 1. The molecule has 1 atom stereocenters. The first-order valence-electron chi connectivity index (χ1n) is 8.26. The van der Waals surface area contributed by atoms with Crippen LogP contribution in [0.15, 0.2) is 24.3 Å². The molecule has 0 unspecified atom stereocenters. The van der Waals surface area contributed by atoms with Crippen LogP contribution in [-0.4, -0.2) is 44.1 Å². The molecule has 0 aromatic heterocycles. The zero-order chi connectivity index (χ0) is 18.7. The minimum Gasteiger partial charge on any atom is -0.444 e. The number of nitrogens with zero attached hydrogens (tertiary/aromatic N) is 1. The predicted octanol–water partition coefficient (Wildman–Crippen LogP) is 3.16. The molecule has 1 fully saturated rings. The molecular formula is C17H25ClN2O4S. The Morgan fingerprint density at radius 2 is 1.96 bits per heavy atom. The van der Waals surface area contributed by atoms with Crippen molar-refractivity contribution in [1.29, 1.82) is 0 Å². The lowest BCUT2D eigenvalue weighted by atomic mass is 10.1. The van der Waals surface area contributed by atoms with Crippen LogP contribution >= 0.6 is 11.6 Å². The van der Waals surface area contributed by atoms with Gasteiger partial charge in [0.25, 0.3) is 0 Å². The molecule has 2 rings (SSSR count). The maximum atomic E-state index is 12.4. The van der Waals surface area contributed by atoms with Crippen LogP contribution in [0.5, 0.6) is 0 Å². The number of rotatable bonds is 4. The highest BCUT2D eigenvalue weighted by molar-refractivity contribution is 7.88. The highest BCUT2D eigenvalue weighted by Crippen LogP contribution is 2.17. The molecule has 25 heavy (non-hydrogen) atoms. The second-order valence-corrected chi connectivity index (χ2v) is 9.46. The van der Waals surface area contributed by atoms with Crippen molar-refractivity contribution in [2.45, 2.75) is 51.0 Å². The molecule has 1 N–H and O–H groups in total. The fourth-order valence-electron chi connectivity index (χ4n) is 2.66. The molecule has 1 aromatic rings. The number of amides is 1. The molecule has 6 nitrogen and oxygen atoms in total. The number of piperidine rings is 1. The monoisotopic (exact) mass is 388 g/mol. The van der Waals surface area contributed by atoms with E-state index < -0.39 is 21.7 Å². The fourth-order valence-corrected chi connectivity index (χ4v) is 4.20. The van der Waals surface area contributed by atoms with Crippen molar-refractivity contribution in [3.05, 3.63) is 34.9 Å². The van der Waals surface area contributed by atoms with Crippen LogP contribution in [0.1, 0.15) is 39.2 Å². The van der Waals surface area contributed by atoms with E-state index in [0.717, 1.165) is 6.42 Å². The first kappa shape index (κ1) is 20.0. The minimum absolute atomic E-state index is 0.118. The van der Waals surface area contributed by atoms with E-state index in [2.05, 4.69) is 4.72 Å². The molecule has 1 heterocycles. The van der Waals surface area contributed by atoms with Crippen molar-refractivity contribution in [3.63, 3.8) is 0 Å². The van der Waals surface area contributed by atoms with E-state index >= 15 is 0 Å². The van der Waals surface area contributed by atoms with Gasteiger partial charge in [-0.15, -0.1) is 0 Å². The van der Waals surface area contributed by atoms with Gasteiger partial charge < -0.3 is 9.64 Å². The standard InChI is InChI=1S/C17H25ClN2O4S/c1-17(2,3)24-16(21)20-10-4-5-15(11-20)19-25(22,23)12-13-6-8-14(18)9-7-13/h6-9,15,19H,4-5,10-12H2,1-3H3/t15-/m0/s1. The number of halogens is 1. The predicted molar refractivity (Wildman–Crippen MR) is 98.0 cm³/mol. The summed E-state index contributed by atoms with van der Waals surface area (Å²) in [6.45, 7) is 6.31. The molecule has 0 spiro atoms. The van der Waals surface area contributed by atoms with Gasteiger partial charge in [-0.05, 0) is 51.3 Å². The van der Waals surface area contributed by atoms with Crippen molar-refractivity contribution >= 4 is 27.7 Å². The van der Waals surface area contributed by atoms with E-state index in [9.17, 15) is 13.2 Å². The van der Waals surface area contributed by atoms with Gasteiger partial charge in [-0.3, -0.25) is 0 Å². The summed E-state index contributed by atoms with van der Waals surface area (Å²) in [6, 6.07) is 6.40. The van der Waals surface area contributed by atoms with E-state index in [1.54, 1.807) is 49.9 Å². The van der Waals surface area contributed by atoms with Crippen LogP contribution in [0.2, 0.25) is 5.02 Å². The van der Waals surface area contributed by atoms with Gasteiger partial charge in [0.05, 0.1) is 5.75 Å². The first-order chi connectivity index (χ1) is 11.5. The summed E-state index contributed by atoms with van der Waals surface area (Å²) in [7, 11) is -3.50. The van der Waals surface area contributed by atoms with Crippen molar-refractivity contribution < 1.29 is 17.9 Å². The number of hydrogen-bond acceptors (Lipinski definition) is 4. The van der Waals surface area contributed by atoms with Gasteiger partial charge in [0.15, 0.2) is 0 Å². The average Bonchev–Trinajstić information content (AvgIpc) is 2.47. The summed E-state index contributed by atoms with van der Waals surface area (Å²) in [5.74, 6) is -0.118. The van der Waals surface area contributed by atoms with Crippen LogP contribution in [0, 0.1) is 0 Å². The average molecular weight is 389 g/mol. The maximum Gasteiger partial charge on any atom is 0.410 e. The third-order valence-electron chi connectivity index (χ3n) is 3.69. The van der Waals surface area contributed by atoms with Crippen LogP contribution in [0.25, 0.3) is 0 Å². The molecule has 1 saturated heterocycles. The van der Waals surface area contributed by atoms with Crippen LogP contribution in [0.3, 0.4) is 0 Å². The molecule has 0 bridgehead atoms. The fraction of sp³-hybridized carbons (Fsp3) is 0.588. The molecule has 1 amide bonds. The lowest BCUT2D eigenvalue weighted by Crippen LogP contribution is -2.50. The molecule has 0 aliphatic carbocycles. The minimum atomic E-state index is -3.50. The Labute approximate surface area is 154 Å². The lowest BCUT2D eigenvalue weighted by molar-refractivity contribution is 0.0195. The van der Waals surface area contributed by atoms with E-state index in [0.29, 0.717) is 30.1 Å². The van der Waals surface area contributed by atoms with Crippen molar-refractivity contribution in [2.24, 2.45) is 0 Å². The third-order valence-corrected chi connectivity index (χ3v) is 5.35. The van der Waals surface area contributed by atoms with Crippen molar-refractivity contribution in [3.8, 4) is 0 Å². The Kier molecular flexibility index (Phi) is 6.35. The highest BCUT2D eigenvalue weighted by atomic mass is 35.5. The Morgan fingerprint density at radius 1 is 1.32 bits per heavy atom. The quantitative estimate of drug-likeness (QED) is 0.859. The van der Waals surface area contributed by atoms with Crippen molar-refractivity contribution in [2.75, 3.05) is 13.1 Å². The Bertz CT molecular complexity index is 698. The van der Waals surface area contributed by atoms with Gasteiger partial charge in [-0.25, -0.2) is 17.9 Å². The molecule has 1 aliphatic rings. The summed E-state index contributed by atoms with van der Waals surface area (Å²) in [5.41, 5.74) is 0.0923. The largest absolute Gasteiger partial charge is 0.444 e. The normalized spacial score (nSPS) is 18.9. The number of nitrogens with one attached hydrogen (secondary N) is 1. The summed E-state index contributed by atoms with van der Waals surface area (Å²) >= 11 is 5.82. The lowest BCUT2D eigenvalue weighted by Gasteiger charge is -2.34. The second-order valence-electron chi connectivity index (χ2n) is 7.27. The molecular weight excluding hydrogens is 364 g/mol. The summed E-state index contributed by atoms with van der Waals surface area (Å²) in [5, 5.41) is 0.564. The Hall–Kier alpha value is -1.31. The van der Waals surface area contributed by atoms with Crippen molar-refractivity contribution in [1.82, 2.24) is 9.62 Å². The van der Waals surface area contributed by atoms with E-state index in [4.69, 9.17) is 16.3 Å². The van der Waals surface area contributed by atoms with Gasteiger partial charge in [-0.2, -0.15) is 0 Å². The highest BCUT2D eigenvalue weighted by Gasteiger charge is 2.29. The number of carbonyl (C=O) groups excluding carboxylic acids is 1. The molecule has 1 aliphatic heterocycles. The van der Waals surface area contributed by atoms with E-state index in [-0.39, 0.29) is 11.8 Å². The Balaban J connectivity index is 1.94. The second kappa shape index (κ2) is 7.93. The van der Waals surface area contributed by atoms with Crippen LogP contribution < -0.4 is 4.72 Å². The SMILES string of the molecule is CC(C)(C)OC(=O)N1CCC[C@H](NS(=O)(=O)Cc2ccc(Cl)cc2)C1. The zero-order valence-corrected chi connectivity index (χ0v) is 16.4. The smallest absolute Gasteiger partial charge is 0.410 e. The summed E-state index contributed by atoms with van der Waals surface area (Å²) in [4.78, 5) is 13.7. The number of carbonyl (C=O) groups is 1. The summed E-state index contributed by atoms with van der Waals surface area (Å²) in [6.07, 6.45) is 1.01. The number of likely N-dealkylation sites (tertiary alicyclic amines) is 1. The first-order valence-corrected chi connectivity index (χ1v) is 10.3. The molecule has 0 saturated carbocycles. The van der Waals surface area contributed by atoms with E-state index in [1.807, 2.05) is 0 Å². The Morgan fingerprint density at radius 3 is 2.56 bits per heavy atom. The van der Waals surface area contributed by atoms with E-state index in [1.165, 1.54) is 0 Å². The third kappa shape index (κ3) is 6.84. The van der Waals surface area contributed by atoms with Crippen LogP contribution in [-0.2, 0) is 20.5 Å². The molecule has 8 heteroatoms. The molecule has 140 valence electrons. The zero-order valence-electron chi connectivity index (χ0n) is 14.8. The van der Waals surface area contributed by atoms with Gasteiger partial charge in [-0.1, -0.05) is 23.7 Å². The summed E-state index contributed by atoms with van der Waals surface area (Å²) < 4.78 is 32.8. The maximum absolute atomic E-state index is 12.4. The number of hydrogen-bond donors (Lipinski definition) is 1. The van der Waals surface area contributed by atoms with Gasteiger partial charge in [0.1, 0.15) is 5.60 Å². The number of ether oxygens (including phenoxy) is 1. The molecule has 1 aromatic carbocycles. The van der Waals surface area contributed by atoms with Gasteiger partial charge in [0, 0.05) is 24.2 Å². The molecule has 0 radical (unpaired) electrons. The number of benzene rings is 1. The van der Waals surface area contributed by atoms with Crippen LogP contribution in [0.4, 0.5) is 4.79 Å². The van der Waals surface area contributed by atoms with Gasteiger partial charge >= 0.3 is 6.09 Å².